The largest absolute Gasteiger partial charge is 0.317 e. The van der Waals surface area contributed by atoms with Gasteiger partial charge in [0, 0.05) is 22.9 Å². The summed E-state index contributed by atoms with van der Waals surface area (Å²) in [6, 6.07) is 11.4. The topological polar surface area (TPSA) is 24.9 Å². The zero-order valence-corrected chi connectivity index (χ0v) is 13.7. The van der Waals surface area contributed by atoms with E-state index in [9.17, 15) is 0 Å². The highest BCUT2D eigenvalue weighted by Crippen LogP contribution is 2.14. The number of pyridine rings is 1. The Balaban J connectivity index is 1.90. The molecule has 0 saturated heterocycles. The first kappa shape index (κ1) is 15.2. The summed E-state index contributed by atoms with van der Waals surface area (Å²) in [7, 11) is 2.03. The minimum atomic E-state index is 0.479. The molecular weight excluding hydrogens is 312 g/mol. The number of hydrogen-bond acceptors (Lipinski definition) is 2. The zero-order chi connectivity index (χ0) is 14.4. The fourth-order valence-electron chi connectivity index (χ4n) is 2.30. The van der Waals surface area contributed by atoms with E-state index < -0.39 is 0 Å². The minimum absolute atomic E-state index is 0.479. The number of aromatic nitrogens is 1. The average molecular weight is 333 g/mol. The van der Waals surface area contributed by atoms with Gasteiger partial charge in [-0.05, 0) is 66.4 Å². The number of hydrogen-bond donors (Lipinski definition) is 1. The highest BCUT2D eigenvalue weighted by atomic mass is 79.9. The second-order valence-electron chi connectivity index (χ2n) is 5.23. The molecule has 2 rings (SSSR count). The molecule has 1 heterocycles. The van der Waals surface area contributed by atoms with Crippen LogP contribution in [-0.4, -0.2) is 18.1 Å². The minimum Gasteiger partial charge on any atom is -0.317 e. The molecule has 1 aromatic carbocycles. The lowest BCUT2D eigenvalue weighted by atomic mass is 9.99. The summed E-state index contributed by atoms with van der Waals surface area (Å²) in [5, 5.41) is 3.41. The fraction of sp³-hybridized carbons (Fsp3) is 0.353. The summed E-state index contributed by atoms with van der Waals surface area (Å²) >= 11 is 3.47. The van der Waals surface area contributed by atoms with Crippen LogP contribution < -0.4 is 5.32 Å². The Labute approximate surface area is 129 Å². The molecule has 0 bridgehead atoms. The maximum atomic E-state index is 4.22. The molecule has 0 aliphatic rings. The second-order valence-corrected chi connectivity index (χ2v) is 6.14. The molecular formula is C17H21BrN2. The lowest BCUT2D eigenvalue weighted by molar-refractivity contribution is 0.519. The van der Waals surface area contributed by atoms with Gasteiger partial charge in [-0.15, -0.1) is 0 Å². The molecule has 106 valence electrons. The fourth-order valence-corrected chi connectivity index (χ4v) is 2.71. The monoisotopic (exact) mass is 332 g/mol. The van der Waals surface area contributed by atoms with Crippen LogP contribution in [0.15, 0.2) is 47.2 Å². The molecule has 0 aliphatic carbocycles. The number of likely N-dealkylation sites (N-methyl/N-ethyl adjacent to an activating group) is 1. The molecule has 0 saturated carbocycles. The van der Waals surface area contributed by atoms with E-state index in [4.69, 9.17) is 0 Å². The Morgan fingerprint density at radius 1 is 1.15 bits per heavy atom. The lowest BCUT2D eigenvalue weighted by Gasteiger charge is -2.16. The molecule has 20 heavy (non-hydrogen) atoms. The van der Waals surface area contributed by atoms with Crippen molar-refractivity contribution < 1.29 is 0 Å². The normalized spacial score (nSPS) is 12.3. The average Bonchev–Trinajstić information content (AvgIpc) is 2.45. The van der Waals surface area contributed by atoms with Crippen molar-refractivity contribution in [1.82, 2.24) is 10.3 Å². The van der Waals surface area contributed by atoms with Crippen molar-refractivity contribution in [1.29, 1.82) is 0 Å². The number of rotatable bonds is 6. The van der Waals surface area contributed by atoms with E-state index in [1.54, 1.807) is 0 Å². The Hall–Kier alpha value is -1.19. The van der Waals surface area contributed by atoms with Gasteiger partial charge in [-0.25, -0.2) is 0 Å². The number of halogens is 1. The molecule has 0 spiro atoms. The van der Waals surface area contributed by atoms with Crippen molar-refractivity contribution in [3.8, 4) is 0 Å². The van der Waals surface area contributed by atoms with E-state index >= 15 is 0 Å². The maximum absolute atomic E-state index is 4.22. The highest BCUT2D eigenvalue weighted by molar-refractivity contribution is 9.10. The van der Waals surface area contributed by atoms with Gasteiger partial charge in [-0.3, -0.25) is 4.98 Å². The molecule has 1 aromatic heterocycles. The molecule has 0 radical (unpaired) electrons. The van der Waals surface area contributed by atoms with E-state index in [2.05, 4.69) is 63.5 Å². The predicted octanol–water partition coefficient (Wildman–Crippen LogP) is 3.92. The maximum Gasteiger partial charge on any atom is 0.0410 e. The van der Waals surface area contributed by atoms with Crippen molar-refractivity contribution in [2.24, 2.45) is 0 Å². The number of nitrogens with zero attached hydrogens (tertiary/aromatic N) is 1. The van der Waals surface area contributed by atoms with Crippen molar-refractivity contribution in [3.05, 3.63) is 63.9 Å². The van der Waals surface area contributed by atoms with Crippen molar-refractivity contribution in [3.63, 3.8) is 0 Å². The molecule has 1 atom stereocenters. The van der Waals surface area contributed by atoms with E-state index in [-0.39, 0.29) is 0 Å². The second kappa shape index (κ2) is 7.55. The summed E-state index contributed by atoms with van der Waals surface area (Å²) in [6.07, 6.45) is 7.01. The van der Waals surface area contributed by atoms with Gasteiger partial charge < -0.3 is 5.32 Å². The molecule has 0 amide bonds. The van der Waals surface area contributed by atoms with Crippen LogP contribution in [0.5, 0.6) is 0 Å². The van der Waals surface area contributed by atoms with Gasteiger partial charge in [-0.1, -0.05) is 29.8 Å². The highest BCUT2D eigenvalue weighted by Gasteiger charge is 2.08. The SMILES string of the molecule is CNC(CCc1ccc(C)cc1)Cc1cncc(Br)c1. The van der Waals surface area contributed by atoms with E-state index in [0.717, 1.165) is 23.7 Å². The molecule has 1 unspecified atom stereocenters. The molecule has 0 fully saturated rings. The lowest BCUT2D eigenvalue weighted by Crippen LogP contribution is -2.28. The van der Waals surface area contributed by atoms with E-state index in [1.807, 2.05) is 19.4 Å². The van der Waals surface area contributed by atoms with Gasteiger partial charge in [0.25, 0.3) is 0 Å². The smallest absolute Gasteiger partial charge is 0.0410 e. The van der Waals surface area contributed by atoms with Crippen molar-refractivity contribution >= 4 is 15.9 Å². The Morgan fingerprint density at radius 3 is 2.55 bits per heavy atom. The van der Waals surface area contributed by atoms with Crippen LogP contribution in [0.4, 0.5) is 0 Å². The molecule has 2 nitrogen and oxygen atoms in total. The van der Waals surface area contributed by atoms with Gasteiger partial charge in [0.15, 0.2) is 0 Å². The third-order valence-corrected chi connectivity index (χ3v) is 3.99. The van der Waals surface area contributed by atoms with Crippen molar-refractivity contribution in [2.45, 2.75) is 32.2 Å². The summed E-state index contributed by atoms with van der Waals surface area (Å²) < 4.78 is 1.04. The number of nitrogens with one attached hydrogen (secondary N) is 1. The summed E-state index contributed by atoms with van der Waals surface area (Å²) in [5.74, 6) is 0. The molecule has 2 aromatic rings. The predicted molar refractivity (Wildman–Crippen MR) is 88.0 cm³/mol. The Morgan fingerprint density at radius 2 is 1.90 bits per heavy atom. The first-order valence-corrected chi connectivity index (χ1v) is 7.79. The molecule has 0 aliphatic heterocycles. The van der Waals surface area contributed by atoms with E-state index in [1.165, 1.54) is 16.7 Å². The first-order chi connectivity index (χ1) is 9.67. The van der Waals surface area contributed by atoms with Gasteiger partial charge in [-0.2, -0.15) is 0 Å². The van der Waals surface area contributed by atoms with E-state index in [0.29, 0.717) is 6.04 Å². The van der Waals surface area contributed by atoms with Gasteiger partial charge in [0.05, 0.1) is 0 Å². The third kappa shape index (κ3) is 4.73. The van der Waals surface area contributed by atoms with Crippen molar-refractivity contribution in [2.75, 3.05) is 7.05 Å². The summed E-state index contributed by atoms with van der Waals surface area (Å²) in [5.41, 5.74) is 3.99. The zero-order valence-electron chi connectivity index (χ0n) is 12.1. The summed E-state index contributed by atoms with van der Waals surface area (Å²) in [4.78, 5) is 4.22. The van der Waals surface area contributed by atoms with Gasteiger partial charge in [0.2, 0.25) is 0 Å². The van der Waals surface area contributed by atoms with Crippen LogP contribution in [0.3, 0.4) is 0 Å². The molecule has 3 heteroatoms. The number of aryl methyl sites for hydroxylation is 2. The van der Waals surface area contributed by atoms with Gasteiger partial charge in [0.1, 0.15) is 0 Å². The van der Waals surface area contributed by atoms with Crippen LogP contribution in [0.25, 0.3) is 0 Å². The van der Waals surface area contributed by atoms with Crippen LogP contribution in [-0.2, 0) is 12.8 Å². The van der Waals surface area contributed by atoms with Crippen LogP contribution >= 0.6 is 15.9 Å². The Bertz CT molecular complexity index is 537. The quantitative estimate of drug-likeness (QED) is 0.867. The third-order valence-electron chi connectivity index (χ3n) is 3.55. The van der Waals surface area contributed by atoms with Gasteiger partial charge >= 0.3 is 0 Å². The van der Waals surface area contributed by atoms with Crippen LogP contribution in [0.1, 0.15) is 23.1 Å². The van der Waals surface area contributed by atoms with Crippen LogP contribution in [0.2, 0.25) is 0 Å². The molecule has 1 N–H and O–H groups in total. The first-order valence-electron chi connectivity index (χ1n) is 6.99. The number of benzene rings is 1. The Kier molecular flexibility index (Phi) is 5.74. The summed E-state index contributed by atoms with van der Waals surface area (Å²) in [6.45, 7) is 2.13. The van der Waals surface area contributed by atoms with Crippen LogP contribution in [0, 0.1) is 6.92 Å². The standard InChI is InChI=1S/C17H21BrN2/c1-13-3-5-14(6-4-13)7-8-17(19-2)10-15-9-16(18)12-20-11-15/h3-6,9,11-12,17,19H,7-8,10H2,1-2H3.